The van der Waals surface area contributed by atoms with Gasteiger partial charge in [0.2, 0.25) is 0 Å². The lowest BCUT2D eigenvalue weighted by Gasteiger charge is -2.15. The Bertz CT molecular complexity index is 1810. The molecule has 53 heavy (non-hydrogen) atoms. The van der Waals surface area contributed by atoms with E-state index in [1.54, 1.807) is 25.1 Å². The number of anilines is 2. The fourth-order valence-electron chi connectivity index (χ4n) is 4.89. The zero-order valence-corrected chi connectivity index (χ0v) is 31.9. The van der Waals surface area contributed by atoms with Crippen molar-refractivity contribution < 1.29 is 42.4 Å². The highest BCUT2D eigenvalue weighted by molar-refractivity contribution is 6.37. The van der Waals surface area contributed by atoms with Gasteiger partial charge in [-0.25, -0.2) is 0 Å². The maximum atomic E-state index is 13.1. The molecule has 4 aromatic rings. The van der Waals surface area contributed by atoms with Crippen LogP contribution in [0.25, 0.3) is 0 Å². The molecular formula is C38H39Cl4F3N2O6. The smallest absolute Gasteiger partial charge is 0.416 e. The predicted molar refractivity (Wildman–Crippen MR) is 204 cm³/mol. The second kappa shape index (κ2) is 21.0. The molecule has 15 heteroatoms. The first kappa shape index (κ1) is 43.4. The second-order valence-electron chi connectivity index (χ2n) is 11.7. The van der Waals surface area contributed by atoms with Crippen molar-refractivity contribution in [2.45, 2.75) is 65.3 Å². The van der Waals surface area contributed by atoms with E-state index < -0.39 is 23.7 Å². The Morgan fingerprint density at radius 1 is 0.660 bits per heavy atom. The van der Waals surface area contributed by atoms with E-state index in [0.29, 0.717) is 52.2 Å². The molecule has 0 aliphatic heterocycles. The zero-order valence-electron chi connectivity index (χ0n) is 28.9. The summed E-state index contributed by atoms with van der Waals surface area (Å²) >= 11 is 24.8. The van der Waals surface area contributed by atoms with Gasteiger partial charge in [0.05, 0.1) is 25.7 Å². The van der Waals surface area contributed by atoms with E-state index in [-0.39, 0.29) is 41.7 Å². The van der Waals surface area contributed by atoms with E-state index in [1.165, 1.54) is 12.1 Å². The van der Waals surface area contributed by atoms with Gasteiger partial charge >= 0.3 is 18.1 Å². The van der Waals surface area contributed by atoms with Crippen LogP contribution in [0.1, 0.15) is 60.9 Å². The number of carboxylic acids is 2. The SMILES string of the molecule is CCCNc1cccc(COc2c(Cl)cc(CCC(=O)O)cc2Cl)c1.CCNc1cc(COc2c(Cl)cc(CCC(=O)O)cc2Cl)cc(C(F)(F)F)c1. The number of rotatable bonds is 17. The molecular weight excluding hydrogens is 779 g/mol. The molecule has 0 spiro atoms. The van der Waals surface area contributed by atoms with Crippen LogP contribution in [0.2, 0.25) is 20.1 Å². The molecule has 4 N–H and O–H groups in total. The summed E-state index contributed by atoms with van der Waals surface area (Å²) in [7, 11) is 0. The van der Waals surface area contributed by atoms with E-state index in [1.807, 2.05) is 24.3 Å². The molecule has 8 nitrogen and oxygen atoms in total. The Kier molecular flexibility index (Phi) is 17.2. The number of halogens is 7. The van der Waals surface area contributed by atoms with Crippen molar-refractivity contribution >= 4 is 69.7 Å². The van der Waals surface area contributed by atoms with Crippen molar-refractivity contribution in [3.8, 4) is 11.5 Å². The van der Waals surface area contributed by atoms with Crippen LogP contribution in [0.3, 0.4) is 0 Å². The minimum Gasteiger partial charge on any atom is -0.486 e. The molecule has 0 fully saturated rings. The van der Waals surface area contributed by atoms with Crippen LogP contribution < -0.4 is 20.1 Å². The maximum Gasteiger partial charge on any atom is 0.416 e. The van der Waals surface area contributed by atoms with Gasteiger partial charge in [0, 0.05) is 37.3 Å². The summed E-state index contributed by atoms with van der Waals surface area (Å²) in [6.45, 7) is 5.45. The van der Waals surface area contributed by atoms with E-state index in [4.69, 9.17) is 66.1 Å². The molecule has 0 heterocycles. The molecule has 0 aliphatic carbocycles. The average molecular weight is 819 g/mol. The van der Waals surface area contributed by atoms with Gasteiger partial charge in [-0.2, -0.15) is 13.2 Å². The zero-order chi connectivity index (χ0) is 39.1. The van der Waals surface area contributed by atoms with Gasteiger partial charge < -0.3 is 30.3 Å². The predicted octanol–water partition coefficient (Wildman–Crippen LogP) is 11.5. The number of hydrogen-bond donors (Lipinski definition) is 4. The lowest BCUT2D eigenvalue weighted by Crippen LogP contribution is -2.09. The van der Waals surface area contributed by atoms with Crippen LogP contribution in [-0.4, -0.2) is 35.2 Å². The number of ether oxygens (including phenoxy) is 2. The van der Waals surface area contributed by atoms with Crippen LogP contribution in [0.5, 0.6) is 11.5 Å². The molecule has 0 bridgehead atoms. The minimum atomic E-state index is -4.48. The number of carboxylic acid groups (broad SMARTS) is 2. The Morgan fingerprint density at radius 3 is 1.60 bits per heavy atom. The van der Waals surface area contributed by atoms with Crippen molar-refractivity contribution in [3.05, 3.63) is 115 Å². The van der Waals surface area contributed by atoms with Gasteiger partial charge in [0.15, 0.2) is 11.5 Å². The molecule has 0 saturated carbocycles. The summed E-state index contributed by atoms with van der Waals surface area (Å²) in [5, 5.41) is 24.8. The number of hydrogen-bond acceptors (Lipinski definition) is 6. The first-order chi connectivity index (χ1) is 25.1. The highest BCUT2D eigenvalue weighted by atomic mass is 35.5. The second-order valence-corrected chi connectivity index (χ2v) is 13.3. The first-order valence-corrected chi connectivity index (χ1v) is 18.0. The molecule has 0 aliphatic rings. The number of aryl methyl sites for hydroxylation is 2. The van der Waals surface area contributed by atoms with Crippen molar-refractivity contribution in [2.24, 2.45) is 0 Å². The number of aliphatic carboxylic acids is 2. The number of carbonyl (C=O) groups is 2. The summed E-state index contributed by atoms with van der Waals surface area (Å²) < 4.78 is 50.6. The van der Waals surface area contributed by atoms with Crippen LogP contribution in [0.15, 0.2) is 66.7 Å². The number of benzene rings is 4. The fourth-order valence-corrected chi connectivity index (χ4v) is 6.17. The van der Waals surface area contributed by atoms with Crippen LogP contribution >= 0.6 is 46.4 Å². The molecule has 0 amide bonds. The van der Waals surface area contributed by atoms with Gasteiger partial charge in [-0.1, -0.05) is 65.5 Å². The van der Waals surface area contributed by atoms with Gasteiger partial charge in [-0.3, -0.25) is 9.59 Å². The summed E-state index contributed by atoms with van der Waals surface area (Å²) in [5.74, 6) is -1.27. The van der Waals surface area contributed by atoms with Crippen molar-refractivity contribution in [1.29, 1.82) is 0 Å². The Hall–Kier alpha value is -4.03. The third-order valence-corrected chi connectivity index (χ3v) is 8.47. The molecule has 0 saturated heterocycles. The van der Waals surface area contributed by atoms with Gasteiger partial charge in [-0.05, 0) is 103 Å². The third kappa shape index (κ3) is 14.7. The highest BCUT2D eigenvalue weighted by Gasteiger charge is 2.31. The number of alkyl halides is 3. The van der Waals surface area contributed by atoms with E-state index in [2.05, 4.69) is 17.6 Å². The first-order valence-electron chi connectivity index (χ1n) is 16.5. The van der Waals surface area contributed by atoms with E-state index in [0.717, 1.165) is 41.9 Å². The molecule has 4 rings (SSSR count). The third-order valence-electron chi connectivity index (χ3n) is 7.34. The van der Waals surface area contributed by atoms with Gasteiger partial charge in [0.25, 0.3) is 0 Å². The minimum absolute atomic E-state index is 0.0322. The maximum absolute atomic E-state index is 13.1. The highest BCUT2D eigenvalue weighted by Crippen LogP contribution is 2.37. The van der Waals surface area contributed by atoms with Crippen molar-refractivity contribution in [2.75, 3.05) is 23.7 Å². The van der Waals surface area contributed by atoms with Crippen LogP contribution in [0.4, 0.5) is 24.5 Å². The normalized spacial score (nSPS) is 11.0. The van der Waals surface area contributed by atoms with Crippen molar-refractivity contribution in [3.63, 3.8) is 0 Å². The summed E-state index contributed by atoms with van der Waals surface area (Å²) in [6, 6.07) is 18.0. The van der Waals surface area contributed by atoms with E-state index in [9.17, 15) is 22.8 Å². The quantitative estimate of drug-likeness (QED) is 0.0832. The molecule has 4 aromatic carbocycles. The fraction of sp³-hybridized carbons (Fsp3) is 0.316. The van der Waals surface area contributed by atoms with Gasteiger partial charge in [-0.15, -0.1) is 0 Å². The molecule has 0 radical (unpaired) electrons. The lowest BCUT2D eigenvalue weighted by molar-refractivity contribution is -0.138. The van der Waals surface area contributed by atoms with Crippen LogP contribution in [0, 0.1) is 0 Å². The summed E-state index contributed by atoms with van der Waals surface area (Å²) in [5.41, 5.74) is 3.29. The Morgan fingerprint density at radius 2 is 1.15 bits per heavy atom. The standard InChI is InChI=1S/C19H18Cl2F3NO3.C19H21Cl2NO3/c1-2-25-14-6-12(5-13(9-14)19(22,23)24)10-28-18-15(20)7-11(8-16(18)21)3-4-17(26)27;1-2-8-22-15-5-3-4-14(9-15)12-25-19-16(20)10-13(11-17(19)21)6-7-18(23)24/h5-9,25H,2-4,10H2,1H3,(H,26,27);3-5,9-11,22H,2,6-8,12H2,1H3,(H,23,24). The Balaban J connectivity index is 0.000000287. The van der Waals surface area contributed by atoms with E-state index >= 15 is 0 Å². The van der Waals surface area contributed by atoms with Crippen molar-refractivity contribution in [1.82, 2.24) is 0 Å². The van der Waals surface area contributed by atoms with Crippen LogP contribution in [-0.2, 0) is 41.8 Å². The number of nitrogens with one attached hydrogen (secondary N) is 2. The topological polar surface area (TPSA) is 117 Å². The Labute approximate surface area is 326 Å². The summed E-state index contributed by atoms with van der Waals surface area (Å²) in [4.78, 5) is 21.3. The largest absolute Gasteiger partial charge is 0.486 e. The summed E-state index contributed by atoms with van der Waals surface area (Å²) in [6.07, 6.45) is -2.86. The average Bonchev–Trinajstić information content (AvgIpc) is 3.08. The van der Waals surface area contributed by atoms with Gasteiger partial charge in [0.1, 0.15) is 13.2 Å². The molecule has 0 atom stereocenters. The molecule has 0 aromatic heterocycles. The monoisotopic (exact) mass is 816 g/mol. The lowest BCUT2D eigenvalue weighted by atomic mass is 10.1. The molecule has 0 unspecified atom stereocenters. The molecule has 286 valence electrons.